The third-order valence-corrected chi connectivity index (χ3v) is 5.37. The van der Waals surface area contributed by atoms with Crippen LogP contribution in [0.5, 0.6) is 5.75 Å². The number of ether oxygens (including phenoxy) is 1. The summed E-state index contributed by atoms with van der Waals surface area (Å²) < 4.78 is 28.8. The molecule has 0 N–H and O–H groups in total. The van der Waals surface area contributed by atoms with Gasteiger partial charge in [-0.1, -0.05) is 38.0 Å². The predicted octanol–water partition coefficient (Wildman–Crippen LogP) is 6.70. The van der Waals surface area contributed by atoms with Crippen LogP contribution in [0.3, 0.4) is 0 Å². The number of halogens is 2. The molecule has 1 aliphatic rings. The van der Waals surface area contributed by atoms with Crippen molar-refractivity contribution < 1.29 is 13.5 Å². The minimum absolute atomic E-state index is 0.144. The summed E-state index contributed by atoms with van der Waals surface area (Å²) in [4.78, 5) is 4.46. The fourth-order valence-corrected chi connectivity index (χ4v) is 3.72. The number of alkyl halides is 2. The minimum atomic E-state index is -2.81. The van der Waals surface area contributed by atoms with Crippen molar-refractivity contribution in [3.63, 3.8) is 0 Å². The van der Waals surface area contributed by atoms with Crippen LogP contribution >= 0.6 is 0 Å². The van der Waals surface area contributed by atoms with Gasteiger partial charge in [0.2, 0.25) is 0 Å². The Labute approximate surface area is 166 Å². The third-order valence-electron chi connectivity index (χ3n) is 5.37. The summed E-state index contributed by atoms with van der Waals surface area (Å²) in [5.74, 6) is 8.23. The van der Waals surface area contributed by atoms with Crippen LogP contribution in [0.15, 0.2) is 42.6 Å². The van der Waals surface area contributed by atoms with Crippen molar-refractivity contribution in [2.75, 3.05) is 0 Å². The number of nitrogens with zero attached hydrogens (tertiary/aromatic N) is 1. The Morgan fingerprint density at radius 2 is 1.82 bits per heavy atom. The second-order valence-electron chi connectivity index (χ2n) is 7.46. The largest absolute Gasteiger partial charge is 0.435 e. The third kappa shape index (κ3) is 6.05. The van der Waals surface area contributed by atoms with E-state index in [1.807, 2.05) is 12.1 Å². The summed E-state index contributed by atoms with van der Waals surface area (Å²) in [7, 11) is 0. The summed E-state index contributed by atoms with van der Waals surface area (Å²) in [6.07, 6.45) is 10.8. The first-order valence-corrected chi connectivity index (χ1v) is 10.2. The lowest BCUT2D eigenvalue weighted by molar-refractivity contribution is -0.0498. The monoisotopic (exact) mass is 383 g/mol. The number of aromatic nitrogens is 1. The van der Waals surface area contributed by atoms with Crippen LogP contribution in [0.2, 0.25) is 0 Å². The van der Waals surface area contributed by atoms with E-state index < -0.39 is 6.61 Å². The normalized spacial score (nSPS) is 19.1. The molecule has 4 heteroatoms. The van der Waals surface area contributed by atoms with Crippen LogP contribution < -0.4 is 4.74 Å². The maximum absolute atomic E-state index is 12.2. The van der Waals surface area contributed by atoms with Gasteiger partial charge in [0, 0.05) is 23.2 Å². The molecule has 1 aromatic carbocycles. The molecule has 2 aromatic rings. The lowest BCUT2D eigenvalue weighted by atomic mass is 9.80. The molecular weight excluding hydrogens is 356 g/mol. The molecule has 1 heterocycles. The molecule has 2 nitrogen and oxygen atoms in total. The first-order chi connectivity index (χ1) is 13.6. The molecule has 1 aliphatic carbocycles. The molecule has 148 valence electrons. The number of benzene rings is 1. The highest BCUT2D eigenvalue weighted by molar-refractivity contribution is 5.60. The number of hydrogen-bond donors (Lipinski definition) is 0. The minimum Gasteiger partial charge on any atom is -0.435 e. The second-order valence-corrected chi connectivity index (χ2v) is 7.46. The maximum atomic E-state index is 12.2. The number of pyridine rings is 1. The number of rotatable bonds is 6. The van der Waals surface area contributed by atoms with Gasteiger partial charge >= 0.3 is 6.61 Å². The van der Waals surface area contributed by atoms with Gasteiger partial charge in [-0.25, -0.2) is 0 Å². The van der Waals surface area contributed by atoms with E-state index in [4.69, 9.17) is 0 Å². The van der Waals surface area contributed by atoms with Gasteiger partial charge in [-0.2, -0.15) is 8.78 Å². The molecule has 0 amide bonds. The van der Waals surface area contributed by atoms with Gasteiger partial charge in [-0.3, -0.25) is 4.98 Å². The molecule has 0 radical (unpaired) electrons. The fraction of sp³-hybridized carbons (Fsp3) is 0.458. The molecule has 0 aliphatic heterocycles. The Bertz CT molecular complexity index is 782. The highest BCUT2D eigenvalue weighted by atomic mass is 19.3. The van der Waals surface area contributed by atoms with Crippen LogP contribution in [0.4, 0.5) is 8.78 Å². The lowest BCUT2D eigenvalue weighted by Crippen LogP contribution is -2.13. The van der Waals surface area contributed by atoms with E-state index in [0.717, 1.165) is 22.7 Å². The second kappa shape index (κ2) is 10.2. The molecule has 28 heavy (non-hydrogen) atoms. The number of unbranched alkanes of at least 4 members (excludes halogenated alkanes) is 1. The van der Waals surface area contributed by atoms with Crippen molar-refractivity contribution in [1.29, 1.82) is 0 Å². The maximum Gasteiger partial charge on any atom is 0.387 e. The average Bonchev–Trinajstić information content (AvgIpc) is 2.72. The van der Waals surface area contributed by atoms with Crippen molar-refractivity contribution >= 4 is 0 Å². The van der Waals surface area contributed by atoms with E-state index in [1.54, 1.807) is 18.3 Å². The molecule has 3 rings (SSSR count). The molecule has 0 saturated heterocycles. The quantitative estimate of drug-likeness (QED) is 0.518. The number of hydrogen-bond acceptors (Lipinski definition) is 2. The SMILES string of the molecule is CCCCC1CCC(C#Cc2ccc(-c3ccc(OC(F)F)cc3)nc2)CC1. The Balaban J connectivity index is 1.55. The van der Waals surface area contributed by atoms with Gasteiger partial charge in [-0.15, -0.1) is 0 Å². The van der Waals surface area contributed by atoms with Gasteiger partial charge in [0.05, 0.1) is 5.69 Å². The summed E-state index contributed by atoms with van der Waals surface area (Å²) in [6, 6.07) is 10.4. The van der Waals surface area contributed by atoms with Crippen molar-refractivity contribution in [2.24, 2.45) is 11.8 Å². The van der Waals surface area contributed by atoms with Crippen LogP contribution in [-0.2, 0) is 0 Å². The highest BCUT2D eigenvalue weighted by Gasteiger charge is 2.19. The molecule has 0 atom stereocenters. The highest BCUT2D eigenvalue weighted by Crippen LogP contribution is 2.31. The molecule has 0 spiro atoms. The van der Waals surface area contributed by atoms with E-state index in [9.17, 15) is 8.78 Å². The Hall–Kier alpha value is -2.41. The zero-order chi connectivity index (χ0) is 19.8. The molecule has 0 unspecified atom stereocenters. The standard InChI is InChI=1S/C24H27F2NO/c1-2-3-4-18-5-7-19(8-6-18)9-10-20-11-16-23(27-17-20)21-12-14-22(15-13-21)28-24(25)26/h11-19,24H,2-8H2,1H3. The first kappa shape index (κ1) is 20.3. The van der Waals surface area contributed by atoms with Crippen LogP contribution in [-0.4, -0.2) is 11.6 Å². The predicted molar refractivity (Wildman–Crippen MR) is 108 cm³/mol. The summed E-state index contributed by atoms with van der Waals surface area (Å²) >= 11 is 0. The Kier molecular flexibility index (Phi) is 7.42. The van der Waals surface area contributed by atoms with Crippen LogP contribution in [0.1, 0.15) is 57.4 Å². The molecule has 1 aromatic heterocycles. The van der Waals surface area contributed by atoms with Crippen molar-refractivity contribution in [1.82, 2.24) is 4.98 Å². The van der Waals surface area contributed by atoms with E-state index >= 15 is 0 Å². The van der Waals surface area contributed by atoms with Gasteiger partial charge in [0.1, 0.15) is 5.75 Å². The van der Waals surface area contributed by atoms with E-state index in [2.05, 4.69) is 28.5 Å². The average molecular weight is 383 g/mol. The van der Waals surface area contributed by atoms with Crippen molar-refractivity contribution in [3.8, 4) is 28.8 Å². The zero-order valence-electron chi connectivity index (χ0n) is 16.3. The molecule has 1 fully saturated rings. The molecular formula is C24H27F2NO. The van der Waals surface area contributed by atoms with Crippen molar-refractivity contribution in [2.45, 2.75) is 58.5 Å². The smallest absolute Gasteiger partial charge is 0.387 e. The van der Waals surface area contributed by atoms with Crippen molar-refractivity contribution in [3.05, 3.63) is 48.2 Å². The summed E-state index contributed by atoms with van der Waals surface area (Å²) in [5.41, 5.74) is 2.55. The van der Waals surface area contributed by atoms with Gasteiger partial charge < -0.3 is 4.74 Å². The van der Waals surface area contributed by atoms with Crippen LogP contribution in [0.25, 0.3) is 11.3 Å². The lowest BCUT2D eigenvalue weighted by Gasteiger charge is -2.25. The topological polar surface area (TPSA) is 22.1 Å². The zero-order valence-corrected chi connectivity index (χ0v) is 16.3. The van der Waals surface area contributed by atoms with Gasteiger partial charge in [0.15, 0.2) is 0 Å². The van der Waals surface area contributed by atoms with E-state index in [-0.39, 0.29) is 5.75 Å². The molecule has 0 bridgehead atoms. The van der Waals surface area contributed by atoms with Crippen LogP contribution in [0, 0.1) is 23.7 Å². The fourth-order valence-electron chi connectivity index (χ4n) is 3.72. The summed E-state index contributed by atoms with van der Waals surface area (Å²) in [6.45, 7) is -0.555. The van der Waals surface area contributed by atoms with E-state index in [1.165, 1.54) is 57.1 Å². The summed E-state index contributed by atoms with van der Waals surface area (Å²) in [5, 5.41) is 0. The van der Waals surface area contributed by atoms with E-state index in [0.29, 0.717) is 5.92 Å². The Morgan fingerprint density at radius 1 is 1.07 bits per heavy atom. The van der Waals surface area contributed by atoms with Gasteiger partial charge in [0.25, 0.3) is 0 Å². The first-order valence-electron chi connectivity index (χ1n) is 10.2. The molecule has 1 saturated carbocycles. The van der Waals surface area contributed by atoms with Gasteiger partial charge in [-0.05, 0) is 68.0 Å². The Morgan fingerprint density at radius 3 is 2.43 bits per heavy atom.